The molecule has 24 heavy (non-hydrogen) atoms. The molecule has 0 heterocycles. The van der Waals surface area contributed by atoms with Crippen LogP contribution in [0.15, 0.2) is 48.5 Å². The van der Waals surface area contributed by atoms with Crippen LogP contribution in [0.2, 0.25) is 5.02 Å². The highest BCUT2D eigenvalue weighted by Gasteiger charge is 2.09. The van der Waals surface area contributed by atoms with Gasteiger partial charge in [-0.2, -0.15) is 0 Å². The summed E-state index contributed by atoms with van der Waals surface area (Å²) in [6, 6.07) is 14.4. The van der Waals surface area contributed by atoms with Crippen molar-refractivity contribution in [1.29, 1.82) is 0 Å². The number of halogens is 1. The molecule has 126 valence electrons. The van der Waals surface area contributed by atoms with Crippen LogP contribution in [0.3, 0.4) is 0 Å². The maximum atomic E-state index is 11.9. The third-order valence-corrected chi connectivity index (χ3v) is 3.63. The molecule has 0 spiro atoms. The van der Waals surface area contributed by atoms with Crippen molar-refractivity contribution in [3.8, 4) is 5.75 Å². The van der Waals surface area contributed by atoms with Gasteiger partial charge in [-0.05, 0) is 30.2 Å². The lowest BCUT2D eigenvalue weighted by molar-refractivity contribution is -0.125. The molecule has 0 saturated heterocycles. The molecular formula is C18H19ClN2O3. The van der Waals surface area contributed by atoms with Crippen molar-refractivity contribution in [1.82, 2.24) is 5.32 Å². The summed E-state index contributed by atoms with van der Waals surface area (Å²) in [7, 11) is 0. The summed E-state index contributed by atoms with van der Waals surface area (Å²) in [6.45, 7) is 1.68. The Labute approximate surface area is 146 Å². The number of anilines is 1. The molecule has 2 amide bonds. The van der Waals surface area contributed by atoms with E-state index in [-0.39, 0.29) is 19.1 Å². The summed E-state index contributed by atoms with van der Waals surface area (Å²) in [6.07, 6.45) is 0.814. The zero-order chi connectivity index (χ0) is 17.4. The van der Waals surface area contributed by atoms with Crippen LogP contribution in [0, 0.1) is 0 Å². The Balaban J connectivity index is 1.77. The predicted molar refractivity (Wildman–Crippen MR) is 94.4 cm³/mol. The molecular weight excluding hydrogens is 328 g/mol. The summed E-state index contributed by atoms with van der Waals surface area (Å²) in [4.78, 5) is 23.7. The number of aryl methyl sites for hydroxylation is 1. The second-order valence-corrected chi connectivity index (χ2v) is 5.46. The smallest absolute Gasteiger partial charge is 0.258 e. The lowest BCUT2D eigenvalue weighted by atomic mass is 10.1. The van der Waals surface area contributed by atoms with Crippen LogP contribution in [0.4, 0.5) is 5.69 Å². The number of rotatable bonds is 7. The maximum Gasteiger partial charge on any atom is 0.258 e. The van der Waals surface area contributed by atoms with Crippen molar-refractivity contribution in [2.75, 3.05) is 18.5 Å². The van der Waals surface area contributed by atoms with Crippen molar-refractivity contribution < 1.29 is 14.3 Å². The average molecular weight is 347 g/mol. The molecule has 0 bridgehead atoms. The van der Waals surface area contributed by atoms with Crippen molar-refractivity contribution in [2.24, 2.45) is 0 Å². The van der Waals surface area contributed by atoms with Crippen LogP contribution in [0.5, 0.6) is 5.75 Å². The van der Waals surface area contributed by atoms with Crippen LogP contribution in [0.1, 0.15) is 12.5 Å². The van der Waals surface area contributed by atoms with Gasteiger partial charge in [-0.1, -0.05) is 48.9 Å². The maximum absolute atomic E-state index is 11.9. The summed E-state index contributed by atoms with van der Waals surface area (Å²) >= 11 is 5.93. The molecule has 0 unspecified atom stereocenters. The second-order valence-electron chi connectivity index (χ2n) is 5.05. The molecule has 0 atom stereocenters. The molecule has 0 aliphatic heterocycles. The number of ether oxygens (including phenoxy) is 1. The highest BCUT2D eigenvalue weighted by atomic mass is 35.5. The van der Waals surface area contributed by atoms with Crippen LogP contribution in [-0.4, -0.2) is 25.0 Å². The molecule has 0 aliphatic rings. The number of hydrogen-bond donors (Lipinski definition) is 2. The lowest BCUT2D eigenvalue weighted by Crippen LogP contribution is -2.35. The largest absolute Gasteiger partial charge is 0.482 e. The van der Waals surface area contributed by atoms with Gasteiger partial charge in [0.1, 0.15) is 5.75 Å². The molecule has 6 heteroatoms. The molecule has 2 N–H and O–H groups in total. The van der Waals surface area contributed by atoms with E-state index in [9.17, 15) is 9.59 Å². The van der Waals surface area contributed by atoms with Crippen molar-refractivity contribution >= 4 is 29.1 Å². The van der Waals surface area contributed by atoms with Crippen molar-refractivity contribution in [2.45, 2.75) is 13.3 Å². The second kappa shape index (κ2) is 8.93. The van der Waals surface area contributed by atoms with Crippen LogP contribution in [-0.2, 0) is 16.0 Å². The van der Waals surface area contributed by atoms with E-state index in [4.69, 9.17) is 16.3 Å². The number of carbonyl (C=O) groups is 2. The van der Waals surface area contributed by atoms with Gasteiger partial charge in [-0.25, -0.2) is 0 Å². The van der Waals surface area contributed by atoms with Crippen LogP contribution >= 0.6 is 11.6 Å². The zero-order valence-corrected chi connectivity index (χ0v) is 14.1. The minimum absolute atomic E-state index is 0.122. The van der Waals surface area contributed by atoms with Crippen molar-refractivity contribution in [3.63, 3.8) is 0 Å². The van der Waals surface area contributed by atoms with E-state index in [2.05, 4.69) is 10.6 Å². The first-order chi connectivity index (χ1) is 11.6. The Kier molecular flexibility index (Phi) is 6.63. The number of hydrogen-bond acceptors (Lipinski definition) is 3. The molecule has 0 saturated carbocycles. The van der Waals surface area contributed by atoms with Gasteiger partial charge in [-0.15, -0.1) is 0 Å². The highest BCUT2D eigenvalue weighted by Crippen LogP contribution is 2.22. The Hall–Kier alpha value is -2.53. The Morgan fingerprint density at radius 1 is 1.04 bits per heavy atom. The summed E-state index contributed by atoms with van der Waals surface area (Å²) in [5, 5.41) is 5.72. The minimum atomic E-state index is -0.395. The normalized spacial score (nSPS) is 10.1. The SMILES string of the molecule is CCc1ccccc1NC(=O)CNC(=O)COc1ccccc1Cl. The van der Waals surface area contributed by atoms with E-state index in [0.29, 0.717) is 10.8 Å². The molecule has 0 aromatic heterocycles. The van der Waals surface area contributed by atoms with Gasteiger partial charge >= 0.3 is 0 Å². The first kappa shape index (κ1) is 17.8. The standard InChI is InChI=1S/C18H19ClN2O3/c1-2-13-7-3-5-9-15(13)21-17(22)11-20-18(23)12-24-16-10-6-4-8-14(16)19/h3-10H,2,11-12H2,1H3,(H,20,23)(H,21,22). The Morgan fingerprint density at radius 2 is 1.75 bits per heavy atom. The predicted octanol–water partition coefficient (Wildman–Crippen LogP) is 3.04. The van der Waals surface area contributed by atoms with Gasteiger partial charge in [0.25, 0.3) is 5.91 Å². The summed E-state index contributed by atoms with van der Waals surface area (Å²) < 4.78 is 5.31. The van der Waals surface area contributed by atoms with Crippen LogP contribution in [0.25, 0.3) is 0 Å². The summed E-state index contributed by atoms with van der Waals surface area (Å²) in [5.74, 6) is -0.258. The van der Waals surface area contributed by atoms with Gasteiger partial charge in [-0.3, -0.25) is 9.59 Å². The quantitative estimate of drug-likeness (QED) is 0.809. The number of para-hydroxylation sites is 2. The van der Waals surface area contributed by atoms with Gasteiger partial charge < -0.3 is 15.4 Å². The molecule has 0 aliphatic carbocycles. The highest BCUT2D eigenvalue weighted by molar-refractivity contribution is 6.32. The average Bonchev–Trinajstić information content (AvgIpc) is 2.59. The van der Waals surface area contributed by atoms with Gasteiger partial charge in [0.2, 0.25) is 5.91 Å². The fraction of sp³-hybridized carbons (Fsp3) is 0.222. The van der Waals surface area contributed by atoms with Gasteiger partial charge in [0.05, 0.1) is 11.6 Å². The molecule has 2 aromatic carbocycles. The number of carbonyl (C=O) groups excluding carboxylic acids is 2. The van der Waals surface area contributed by atoms with E-state index in [0.717, 1.165) is 17.7 Å². The third-order valence-electron chi connectivity index (χ3n) is 3.31. The Morgan fingerprint density at radius 3 is 2.50 bits per heavy atom. The minimum Gasteiger partial charge on any atom is -0.482 e. The van der Waals surface area contributed by atoms with Gasteiger partial charge in [0.15, 0.2) is 6.61 Å². The fourth-order valence-electron chi connectivity index (χ4n) is 2.08. The number of nitrogens with one attached hydrogen (secondary N) is 2. The Bertz CT molecular complexity index is 719. The molecule has 0 fully saturated rings. The third kappa shape index (κ3) is 5.28. The first-order valence-corrected chi connectivity index (χ1v) is 7.99. The van der Waals surface area contributed by atoms with Crippen LogP contribution < -0.4 is 15.4 Å². The van der Waals surface area contributed by atoms with Gasteiger partial charge in [0, 0.05) is 5.69 Å². The molecule has 2 rings (SSSR count). The lowest BCUT2D eigenvalue weighted by Gasteiger charge is -2.11. The van der Waals surface area contributed by atoms with E-state index < -0.39 is 5.91 Å². The van der Waals surface area contributed by atoms with E-state index in [1.807, 2.05) is 31.2 Å². The van der Waals surface area contributed by atoms with E-state index >= 15 is 0 Å². The van der Waals surface area contributed by atoms with Crippen molar-refractivity contribution in [3.05, 3.63) is 59.1 Å². The topological polar surface area (TPSA) is 67.4 Å². The number of benzene rings is 2. The first-order valence-electron chi connectivity index (χ1n) is 7.62. The molecule has 0 radical (unpaired) electrons. The fourth-order valence-corrected chi connectivity index (χ4v) is 2.27. The molecule has 2 aromatic rings. The zero-order valence-electron chi connectivity index (χ0n) is 13.3. The summed E-state index contributed by atoms with van der Waals surface area (Å²) in [5.41, 5.74) is 1.80. The van der Waals surface area contributed by atoms with E-state index in [1.54, 1.807) is 24.3 Å². The monoisotopic (exact) mass is 346 g/mol. The molecule has 5 nitrogen and oxygen atoms in total. The number of amides is 2. The van der Waals surface area contributed by atoms with E-state index in [1.165, 1.54) is 0 Å².